The summed E-state index contributed by atoms with van der Waals surface area (Å²) < 4.78 is 5.55. The van der Waals surface area contributed by atoms with Gasteiger partial charge in [-0.1, -0.05) is 12.1 Å². The predicted molar refractivity (Wildman–Crippen MR) is 73.0 cm³/mol. The number of fused-ring (bicyclic) bond motifs is 1. The van der Waals surface area contributed by atoms with Gasteiger partial charge in [-0.05, 0) is 43.6 Å². The van der Waals surface area contributed by atoms with Crippen LogP contribution in [0.15, 0.2) is 18.2 Å². The Morgan fingerprint density at radius 2 is 2.39 bits per heavy atom. The van der Waals surface area contributed by atoms with E-state index in [2.05, 4.69) is 35.5 Å². The molecule has 3 rings (SSSR count). The molecule has 0 amide bonds. The van der Waals surface area contributed by atoms with Gasteiger partial charge in [0.1, 0.15) is 5.75 Å². The third-order valence-electron chi connectivity index (χ3n) is 4.07. The summed E-state index contributed by atoms with van der Waals surface area (Å²) in [6.07, 6.45) is 3.69. The normalized spacial score (nSPS) is 23.7. The summed E-state index contributed by atoms with van der Waals surface area (Å²) >= 11 is 0. The van der Waals surface area contributed by atoms with Crippen molar-refractivity contribution in [3.05, 3.63) is 29.3 Å². The minimum Gasteiger partial charge on any atom is -0.493 e. The molecule has 2 heterocycles. The van der Waals surface area contributed by atoms with Gasteiger partial charge in [0, 0.05) is 25.6 Å². The second-order valence-corrected chi connectivity index (χ2v) is 5.40. The number of likely N-dealkylation sites (tertiary alicyclic amines) is 1. The second kappa shape index (κ2) is 5.29. The van der Waals surface area contributed by atoms with Crippen molar-refractivity contribution in [2.24, 2.45) is 0 Å². The van der Waals surface area contributed by atoms with Crippen LogP contribution in [-0.4, -0.2) is 37.7 Å². The van der Waals surface area contributed by atoms with Crippen LogP contribution in [0.1, 0.15) is 24.0 Å². The summed E-state index contributed by atoms with van der Waals surface area (Å²) in [5.74, 6) is 1.09. The number of nitrogens with zero attached hydrogens (tertiary/aromatic N) is 1. The van der Waals surface area contributed by atoms with Crippen LogP contribution < -0.4 is 10.1 Å². The van der Waals surface area contributed by atoms with Gasteiger partial charge < -0.3 is 10.1 Å². The third-order valence-corrected chi connectivity index (χ3v) is 4.07. The van der Waals surface area contributed by atoms with E-state index in [0.717, 1.165) is 25.3 Å². The number of nitrogens with one attached hydrogen (secondary N) is 1. The summed E-state index contributed by atoms with van der Waals surface area (Å²) in [6.45, 7) is 4.33. The molecule has 1 unspecified atom stereocenters. The Bertz CT molecular complexity index is 419. The molecule has 0 aromatic heterocycles. The van der Waals surface area contributed by atoms with Crippen LogP contribution >= 0.6 is 0 Å². The van der Waals surface area contributed by atoms with Crippen molar-refractivity contribution in [3.63, 3.8) is 0 Å². The maximum atomic E-state index is 5.55. The molecule has 0 radical (unpaired) electrons. The lowest BCUT2D eigenvalue weighted by atomic mass is 10.0. The quantitative estimate of drug-likeness (QED) is 0.880. The summed E-state index contributed by atoms with van der Waals surface area (Å²) in [5, 5.41) is 3.40. The lowest BCUT2D eigenvalue weighted by Gasteiger charge is -2.32. The zero-order chi connectivity index (χ0) is 12.4. The first-order chi connectivity index (χ1) is 8.85. The van der Waals surface area contributed by atoms with Gasteiger partial charge in [0.25, 0.3) is 0 Å². The first-order valence-electron chi connectivity index (χ1n) is 6.99. The molecular formula is C15H22N2O. The van der Waals surface area contributed by atoms with Gasteiger partial charge in [-0.25, -0.2) is 0 Å². The van der Waals surface area contributed by atoms with Gasteiger partial charge in [-0.2, -0.15) is 0 Å². The molecule has 1 aromatic rings. The van der Waals surface area contributed by atoms with Crippen LogP contribution in [0.25, 0.3) is 0 Å². The van der Waals surface area contributed by atoms with Crippen LogP contribution in [-0.2, 0) is 13.0 Å². The average Bonchev–Trinajstić information content (AvgIpc) is 2.86. The standard InChI is InChI=1S/C15H22N2O/c1-16-14-3-2-7-17(11-14)10-12-4-5-15-13(9-12)6-8-18-15/h4-5,9,14,16H,2-3,6-8,10-11H2,1H3. The number of rotatable bonds is 3. The number of ether oxygens (including phenoxy) is 1. The largest absolute Gasteiger partial charge is 0.493 e. The van der Waals surface area contributed by atoms with Crippen LogP contribution in [0.4, 0.5) is 0 Å². The molecule has 2 aliphatic heterocycles. The van der Waals surface area contributed by atoms with Crippen molar-refractivity contribution in [1.29, 1.82) is 0 Å². The fourth-order valence-electron chi connectivity index (χ4n) is 3.03. The van der Waals surface area contributed by atoms with E-state index in [1.54, 1.807) is 0 Å². The highest BCUT2D eigenvalue weighted by atomic mass is 16.5. The molecule has 3 nitrogen and oxygen atoms in total. The Hall–Kier alpha value is -1.06. The van der Waals surface area contributed by atoms with E-state index in [0.29, 0.717) is 6.04 Å². The number of piperidine rings is 1. The van der Waals surface area contributed by atoms with Gasteiger partial charge in [0.2, 0.25) is 0 Å². The highest BCUT2D eigenvalue weighted by molar-refractivity contribution is 5.39. The smallest absolute Gasteiger partial charge is 0.122 e. The molecule has 18 heavy (non-hydrogen) atoms. The molecule has 0 saturated carbocycles. The van der Waals surface area contributed by atoms with E-state index in [1.165, 1.54) is 37.1 Å². The van der Waals surface area contributed by atoms with Gasteiger partial charge in [0.15, 0.2) is 0 Å². The lowest BCUT2D eigenvalue weighted by Crippen LogP contribution is -2.43. The van der Waals surface area contributed by atoms with Crippen LogP contribution in [0, 0.1) is 0 Å². The molecule has 1 N–H and O–H groups in total. The molecule has 0 bridgehead atoms. The Labute approximate surface area is 109 Å². The fourth-order valence-corrected chi connectivity index (χ4v) is 3.03. The van der Waals surface area contributed by atoms with Crippen molar-refractivity contribution in [2.75, 3.05) is 26.7 Å². The van der Waals surface area contributed by atoms with E-state index < -0.39 is 0 Å². The third kappa shape index (κ3) is 2.52. The zero-order valence-electron chi connectivity index (χ0n) is 11.1. The zero-order valence-corrected chi connectivity index (χ0v) is 11.1. The number of hydrogen-bond donors (Lipinski definition) is 1. The number of hydrogen-bond acceptors (Lipinski definition) is 3. The number of benzene rings is 1. The van der Waals surface area contributed by atoms with Gasteiger partial charge in [-0.3, -0.25) is 4.90 Å². The topological polar surface area (TPSA) is 24.5 Å². The predicted octanol–water partition coefficient (Wildman–Crippen LogP) is 1.81. The SMILES string of the molecule is CNC1CCCN(Cc2ccc3c(c2)CCO3)C1. The average molecular weight is 246 g/mol. The minimum atomic E-state index is 0.663. The van der Waals surface area contributed by atoms with Gasteiger partial charge in [-0.15, -0.1) is 0 Å². The first-order valence-corrected chi connectivity index (χ1v) is 6.99. The lowest BCUT2D eigenvalue weighted by molar-refractivity contribution is 0.188. The van der Waals surface area contributed by atoms with Crippen molar-refractivity contribution in [2.45, 2.75) is 31.8 Å². The summed E-state index contributed by atoms with van der Waals surface area (Å²) in [6, 6.07) is 7.34. The van der Waals surface area contributed by atoms with E-state index in [-0.39, 0.29) is 0 Å². The molecule has 0 aliphatic carbocycles. The Kier molecular flexibility index (Phi) is 3.52. The van der Waals surface area contributed by atoms with Gasteiger partial charge >= 0.3 is 0 Å². The first kappa shape index (κ1) is 12.0. The monoisotopic (exact) mass is 246 g/mol. The maximum absolute atomic E-state index is 5.55. The molecule has 1 aromatic carbocycles. The second-order valence-electron chi connectivity index (χ2n) is 5.40. The Morgan fingerprint density at radius 3 is 3.28 bits per heavy atom. The van der Waals surface area contributed by atoms with Crippen molar-refractivity contribution in [1.82, 2.24) is 10.2 Å². The molecule has 1 saturated heterocycles. The van der Waals surface area contributed by atoms with Crippen LogP contribution in [0.2, 0.25) is 0 Å². The fraction of sp³-hybridized carbons (Fsp3) is 0.600. The van der Waals surface area contributed by atoms with Crippen molar-refractivity contribution >= 4 is 0 Å². The Balaban J connectivity index is 1.65. The number of likely N-dealkylation sites (N-methyl/N-ethyl adjacent to an activating group) is 1. The molecular weight excluding hydrogens is 224 g/mol. The van der Waals surface area contributed by atoms with Crippen LogP contribution in [0.3, 0.4) is 0 Å². The summed E-state index contributed by atoms with van der Waals surface area (Å²) in [4.78, 5) is 2.56. The maximum Gasteiger partial charge on any atom is 0.122 e. The molecule has 98 valence electrons. The highest BCUT2D eigenvalue weighted by Crippen LogP contribution is 2.26. The minimum absolute atomic E-state index is 0.663. The summed E-state index contributed by atoms with van der Waals surface area (Å²) in [5.41, 5.74) is 2.81. The highest BCUT2D eigenvalue weighted by Gasteiger charge is 2.19. The van der Waals surface area contributed by atoms with E-state index in [9.17, 15) is 0 Å². The molecule has 3 heteroatoms. The molecule has 0 spiro atoms. The summed E-state index contributed by atoms with van der Waals surface area (Å²) in [7, 11) is 2.07. The Morgan fingerprint density at radius 1 is 1.44 bits per heavy atom. The van der Waals surface area contributed by atoms with E-state index >= 15 is 0 Å². The van der Waals surface area contributed by atoms with E-state index in [4.69, 9.17) is 4.74 Å². The van der Waals surface area contributed by atoms with Gasteiger partial charge in [0.05, 0.1) is 6.61 Å². The molecule has 1 fully saturated rings. The van der Waals surface area contributed by atoms with Crippen molar-refractivity contribution in [3.8, 4) is 5.75 Å². The van der Waals surface area contributed by atoms with E-state index in [1.807, 2.05) is 0 Å². The molecule has 1 atom stereocenters. The van der Waals surface area contributed by atoms with Crippen molar-refractivity contribution < 1.29 is 4.74 Å². The van der Waals surface area contributed by atoms with Crippen LogP contribution in [0.5, 0.6) is 5.75 Å². The molecule has 2 aliphatic rings.